The van der Waals surface area contributed by atoms with Crippen LogP contribution in [0.3, 0.4) is 0 Å². The number of aromatic nitrogens is 2. The molecule has 3 aromatic rings. The summed E-state index contributed by atoms with van der Waals surface area (Å²) in [5.74, 6) is 0.00714. The Morgan fingerprint density at radius 3 is 2.33 bits per heavy atom. The van der Waals surface area contributed by atoms with Crippen molar-refractivity contribution in [1.29, 1.82) is 0 Å². The van der Waals surface area contributed by atoms with E-state index in [0.29, 0.717) is 49.4 Å². The molecule has 2 heterocycles. The summed E-state index contributed by atoms with van der Waals surface area (Å²) in [6, 6.07) is 17.2. The van der Waals surface area contributed by atoms with Gasteiger partial charge in [0.25, 0.3) is 5.91 Å². The van der Waals surface area contributed by atoms with Crippen molar-refractivity contribution in [3.63, 3.8) is 0 Å². The Hall–Kier alpha value is -3.52. The van der Waals surface area contributed by atoms with Crippen molar-refractivity contribution >= 4 is 29.2 Å². The fourth-order valence-corrected chi connectivity index (χ4v) is 4.62. The Bertz CT molecular complexity index is 1240. The zero-order valence-electron chi connectivity index (χ0n) is 19.8. The van der Waals surface area contributed by atoms with E-state index in [2.05, 4.69) is 15.1 Å². The Labute approximate surface area is 214 Å². The monoisotopic (exact) mass is 507 g/mol. The fraction of sp³-hybridized carbons (Fsp3) is 0.333. The van der Waals surface area contributed by atoms with E-state index >= 15 is 0 Å². The first-order valence-electron chi connectivity index (χ1n) is 12.1. The maximum Gasteiger partial charge on any atom is 0.257 e. The third kappa shape index (κ3) is 5.49. The molecule has 2 aliphatic rings. The summed E-state index contributed by atoms with van der Waals surface area (Å²) in [6.45, 7) is 2.67. The normalized spacial score (nSPS) is 15.6. The molecule has 36 heavy (non-hydrogen) atoms. The summed E-state index contributed by atoms with van der Waals surface area (Å²) >= 11 is 6.26. The Kier molecular flexibility index (Phi) is 7.13. The van der Waals surface area contributed by atoms with E-state index in [4.69, 9.17) is 11.6 Å². The molecule has 7 nitrogen and oxygen atoms in total. The maximum atomic E-state index is 14.2. The minimum atomic E-state index is -0.564. The number of halogens is 2. The molecule has 0 spiro atoms. The second-order valence-electron chi connectivity index (χ2n) is 9.23. The predicted octanol–water partition coefficient (Wildman–Crippen LogP) is 4.14. The summed E-state index contributed by atoms with van der Waals surface area (Å²) < 4.78 is 14.2. The number of carbonyl (C=O) groups is 2. The third-order valence-electron chi connectivity index (χ3n) is 6.65. The first kappa shape index (κ1) is 24.2. The molecular weight excluding hydrogens is 481 g/mol. The number of amides is 2. The predicted molar refractivity (Wildman–Crippen MR) is 136 cm³/mol. The van der Waals surface area contributed by atoms with Crippen LogP contribution >= 0.6 is 11.6 Å². The van der Waals surface area contributed by atoms with Crippen molar-refractivity contribution in [3.05, 3.63) is 77.1 Å². The Balaban J connectivity index is 1.19. The van der Waals surface area contributed by atoms with E-state index < -0.39 is 11.7 Å². The number of anilines is 1. The van der Waals surface area contributed by atoms with Gasteiger partial charge in [0.15, 0.2) is 5.82 Å². The molecule has 1 aliphatic carbocycles. The van der Waals surface area contributed by atoms with Gasteiger partial charge in [-0.1, -0.05) is 41.9 Å². The lowest BCUT2D eigenvalue weighted by Crippen LogP contribution is -2.52. The molecule has 1 aromatic heterocycles. The zero-order valence-corrected chi connectivity index (χ0v) is 20.6. The van der Waals surface area contributed by atoms with Crippen LogP contribution in [0.15, 0.2) is 60.7 Å². The first-order valence-corrected chi connectivity index (χ1v) is 12.5. The molecule has 9 heteroatoms. The molecule has 0 bridgehead atoms. The second kappa shape index (κ2) is 10.6. The van der Waals surface area contributed by atoms with E-state index in [-0.39, 0.29) is 18.0 Å². The van der Waals surface area contributed by atoms with Crippen LogP contribution in [-0.2, 0) is 4.79 Å². The van der Waals surface area contributed by atoms with Gasteiger partial charge in [-0.05, 0) is 49.1 Å². The lowest BCUT2D eigenvalue weighted by atomic mass is 10.1. The summed E-state index contributed by atoms with van der Waals surface area (Å²) in [7, 11) is 0. The van der Waals surface area contributed by atoms with Crippen LogP contribution in [0.1, 0.15) is 23.2 Å². The number of hydrogen-bond acceptors (Lipinski definition) is 5. The average molecular weight is 508 g/mol. The largest absolute Gasteiger partial charge is 0.352 e. The van der Waals surface area contributed by atoms with Crippen molar-refractivity contribution in [3.8, 4) is 11.3 Å². The minimum absolute atomic E-state index is 0.00887. The van der Waals surface area contributed by atoms with Crippen LogP contribution in [0.25, 0.3) is 11.3 Å². The van der Waals surface area contributed by atoms with Gasteiger partial charge in [-0.15, -0.1) is 10.2 Å². The van der Waals surface area contributed by atoms with E-state index in [1.54, 1.807) is 17.0 Å². The molecule has 2 amide bonds. The molecule has 5 rings (SSSR count). The molecule has 1 saturated carbocycles. The highest BCUT2D eigenvalue weighted by Crippen LogP contribution is 2.30. The van der Waals surface area contributed by atoms with Crippen molar-refractivity contribution in [2.24, 2.45) is 5.92 Å². The van der Waals surface area contributed by atoms with Crippen LogP contribution in [0.5, 0.6) is 0 Å². The quantitative estimate of drug-likeness (QED) is 0.481. The molecule has 0 unspecified atom stereocenters. The van der Waals surface area contributed by atoms with Gasteiger partial charge in [-0.2, -0.15) is 0 Å². The SMILES string of the molecule is O=C(CN(CC1CC1)C(=O)c1ccccc1F)N1CCN(c2ccc(-c3ccccc3Cl)nn2)CC1. The molecule has 1 aliphatic heterocycles. The minimum Gasteiger partial charge on any atom is -0.352 e. The van der Waals surface area contributed by atoms with Gasteiger partial charge in [0, 0.05) is 38.3 Å². The number of benzene rings is 2. The average Bonchev–Trinajstić information content (AvgIpc) is 3.73. The van der Waals surface area contributed by atoms with Gasteiger partial charge >= 0.3 is 0 Å². The smallest absolute Gasteiger partial charge is 0.257 e. The van der Waals surface area contributed by atoms with Gasteiger partial charge in [0.05, 0.1) is 16.3 Å². The van der Waals surface area contributed by atoms with Gasteiger partial charge < -0.3 is 14.7 Å². The molecule has 0 N–H and O–H groups in total. The standard InChI is InChI=1S/C27H27ClFN5O2/c28-22-7-3-1-5-20(22)24-11-12-25(31-30-24)32-13-15-33(16-14-32)26(35)18-34(17-19-9-10-19)27(36)21-6-2-4-8-23(21)29/h1-8,11-12,19H,9-10,13-18H2. The van der Waals surface area contributed by atoms with Crippen LogP contribution in [0.4, 0.5) is 10.2 Å². The molecule has 0 radical (unpaired) electrons. The highest BCUT2D eigenvalue weighted by molar-refractivity contribution is 6.33. The first-order chi connectivity index (χ1) is 17.5. The van der Waals surface area contributed by atoms with E-state index in [1.165, 1.54) is 17.0 Å². The van der Waals surface area contributed by atoms with Crippen molar-refractivity contribution in [1.82, 2.24) is 20.0 Å². The topological polar surface area (TPSA) is 69.6 Å². The molecule has 2 aromatic carbocycles. The summed E-state index contributed by atoms with van der Waals surface area (Å²) in [5, 5.41) is 9.33. The highest BCUT2D eigenvalue weighted by atomic mass is 35.5. The number of hydrogen-bond donors (Lipinski definition) is 0. The number of rotatable bonds is 7. The van der Waals surface area contributed by atoms with Crippen molar-refractivity contribution in [2.75, 3.05) is 44.2 Å². The number of piperazine rings is 1. The zero-order chi connectivity index (χ0) is 25.1. The summed E-state index contributed by atoms with van der Waals surface area (Å²) in [6.07, 6.45) is 2.06. The number of carbonyl (C=O) groups excluding carboxylic acids is 2. The van der Waals surface area contributed by atoms with E-state index in [1.807, 2.05) is 36.4 Å². The molecule has 2 fully saturated rings. The van der Waals surface area contributed by atoms with Gasteiger partial charge in [-0.3, -0.25) is 9.59 Å². The van der Waals surface area contributed by atoms with Crippen LogP contribution in [0, 0.1) is 11.7 Å². The van der Waals surface area contributed by atoms with E-state index in [0.717, 1.165) is 24.2 Å². The molecule has 186 valence electrons. The van der Waals surface area contributed by atoms with Crippen LogP contribution in [-0.4, -0.2) is 71.1 Å². The second-order valence-corrected chi connectivity index (χ2v) is 9.64. The molecular formula is C27H27ClFN5O2. The Morgan fingerprint density at radius 2 is 1.67 bits per heavy atom. The van der Waals surface area contributed by atoms with Crippen LogP contribution in [0.2, 0.25) is 5.02 Å². The molecule has 0 atom stereocenters. The van der Waals surface area contributed by atoms with Crippen molar-refractivity contribution < 1.29 is 14.0 Å². The summed E-state index contributed by atoms with van der Waals surface area (Å²) in [5.41, 5.74) is 1.54. The third-order valence-corrected chi connectivity index (χ3v) is 6.98. The van der Waals surface area contributed by atoms with Crippen LogP contribution < -0.4 is 4.90 Å². The Morgan fingerprint density at radius 1 is 0.944 bits per heavy atom. The van der Waals surface area contributed by atoms with Gasteiger partial charge in [0.2, 0.25) is 5.91 Å². The van der Waals surface area contributed by atoms with Gasteiger partial charge in [0.1, 0.15) is 12.4 Å². The maximum absolute atomic E-state index is 14.2. The van der Waals surface area contributed by atoms with E-state index in [9.17, 15) is 14.0 Å². The fourth-order valence-electron chi connectivity index (χ4n) is 4.39. The highest BCUT2D eigenvalue weighted by Gasteiger charge is 2.31. The lowest BCUT2D eigenvalue weighted by molar-refractivity contribution is -0.132. The van der Waals surface area contributed by atoms with Crippen molar-refractivity contribution in [2.45, 2.75) is 12.8 Å². The lowest BCUT2D eigenvalue weighted by Gasteiger charge is -2.36. The molecule has 1 saturated heterocycles. The summed E-state index contributed by atoms with van der Waals surface area (Å²) in [4.78, 5) is 31.5. The number of nitrogens with zero attached hydrogens (tertiary/aromatic N) is 5. The van der Waals surface area contributed by atoms with Gasteiger partial charge in [-0.25, -0.2) is 4.39 Å².